The van der Waals surface area contributed by atoms with E-state index in [4.69, 9.17) is 4.74 Å². The predicted molar refractivity (Wildman–Crippen MR) is 108 cm³/mol. The van der Waals surface area contributed by atoms with Gasteiger partial charge in [-0.05, 0) is 44.4 Å². The lowest BCUT2D eigenvalue weighted by molar-refractivity contribution is -0.128. The van der Waals surface area contributed by atoms with Crippen LogP contribution in [-0.2, 0) is 9.53 Å². The molecule has 2 N–H and O–H groups in total. The van der Waals surface area contributed by atoms with Crippen molar-refractivity contribution < 1.29 is 9.53 Å². The summed E-state index contributed by atoms with van der Waals surface area (Å²) in [6.45, 7) is 24.5. The molecule has 150 valence electrons. The fourth-order valence-corrected chi connectivity index (χ4v) is 2.21. The summed E-state index contributed by atoms with van der Waals surface area (Å²) in [6, 6.07) is 0. The Morgan fingerprint density at radius 3 is 1.80 bits per heavy atom. The second-order valence-corrected chi connectivity index (χ2v) is 10.9. The van der Waals surface area contributed by atoms with Crippen molar-refractivity contribution in [3.8, 4) is 0 Å². The molecule has 0 bridgehead atoms. The molecule has 0 rings (SSSR count). The molecule has 25 heavy (non-hydrogen) atoms. The van der Waals surface area contributed by atoms with E-state index in [0.29, 0.717) is 6.54 Å². The standard InChI is InChI=1S/C21H44N2O2/c1-18(2,3)17(24)23-14-13-22-15-20(7,8)11-12-21(9,10)16-25-19(4,5)6/h22H,11-16H2,1-10H3,(H,23,24). The van der Waals surface area contributed by atoms with Gasteiger partial charge < -0.3 is 15.4 Å². The molecule has 0 aromatic heterocycles. The van der Waals surface area contributed by atoms with Gasteiger partial charge in [-0.15, -0.1) is 0 Å². The smallest absolute Gasteiger partial charge is 0.225 e. The molecule has 0 unspecified atom stereocenters. The maximum atomic E-state index is 11.8. The van der Waals surface area contributed by atoms with Gasteiger partial charge in [-0.3, -0.25) is 4.79 Å². The van der Waals surface area contributed by atoms with Crippen LogP contribution >= 0.6 is 0 Å². The van der Waals surface area contributed by atoms with Crippen molar-refractivity contribution in [3.63, 3.8) is 0 Å². The highest BCUT2D eigenvalue weighted by molar-refractivity contribution is 5.81. The minimum absolute atomic E-state index is 0.0775. The summed E-state index contributed by atoms with van der Waals surface area (Å²) in [4.78, 5) is 11.8. The van der Waals surface area contributed by atoms with Crippen LogP contribution in [0.15, 0.2) is 0 Å². The first-order valence-corrected chi connectivity index (χ1v) is 9.67. The number of amides is 1. The first-order chi connectivity index (χ1) is 11.0. The molecule has 0 aliphatic rings. The highest BCUT2D eigenvalue weighted by Gasteiger charge is 2.26. The minimum Gasteiger partial charge on any atom is -0.375 e. The van der Waals surface area contributed by atoms with Gasteiger partial charge in [0, 0.05) is 25.0 Å². The van der Waals surface area contributed by atoms with Gasteiger partial charge in [0.25, 0.3) is 0 Å². The zero-order valence-corrected chi connectivity index (χ0v) is 18.6. The Balaban J connectivity index is 4.06. The quantitative estimate of drug-likeness (QED) is 0.571. The van der Waals surface area contributed by atoms with Crippen LogP contribution in [-0.4, -0.2) is 37.7 Å². The van der Waals surface area contributed by atoms with E-state index in [-0.39, 0.29) is 27.8 Å². The maximum absolute atomic E-state index is 11.8. The summed E-state index contributed by atoms with van der Waals surface area (Å²) in [7, 11) is 0. The van der Waals surface area contributed by atoms with Crippen LogP contribution in [0.2, 0.25) is 0 Å². The van der Waals surface area contributed by atoms with E-state index in [1.807, 2.05) is 20.8 Å². The molecule has 0 aliphatic carbocycles. The number of hydrogen-bond acceptors (Lipinski definition) is 3. The zero-order valence-electron chi connectivity index (χ0n) is 18.6. The predicted octanol–water partition coefficient (Wildman–Crippen LogP) is 4.39. The monoisotopic (exact) mass is 356 g/mol. The van der Waals surface area contributed by atoms with Crippen LogP contribution in [0.3, 0.4) is 0 Å². The third-order valence-electron chi connectivity index (χ3n) is 4.25. The van der Waals surface area contributed by atoms with Gasteiger partial charge in [-0.25, -0.2) is 0 Å². The summed E-state index contributed by atoms with van der Waals surface area (Å²) in [5.74, 6) is 0.106. The highest BCUT2D eigenvalue weighted by atomic mass is 16.5. The van der Waals surface area contributed by atoms with Crippen LogP contribution < -0.4 is 10.6 Å². The van der Waals surface area contributed by atoms with Gasteiger partial charge in [0.15, 0.2) is 0 Å². The maximum Gasteiger partial charge on any atom is 0.225 e. The van der Waals surface area contributed by atoms with Crippen LogP contribution in [0.25, 0.3) is 0 Å². The van der Waals surface area contributed by atoms with Crippen molar-refractivity contribution >= 4 is 5.91 Å². The molecule has 0 aromatic rings. The van der Waals surface area contributed by atoms with Crippen LogP contribution in [0.4, 0.5) is 0 Å². The van der Waals surface area contributed by atoms with Gasteiger partial charge in [-0.1, -0.05) is 48.5 Å². The van der Waals surface area contributed by atoms with E-state index in [2.05, 4.69) is 59.1 Å². The highest BCUT2D eigenvalue weighted by Crippen LogP contribution is 2.31. The number of carbonyl (C=O) groups is 1. The number of carbonyl (C=O) groups excluding carboxylic acids is 1. The van der Waals surface area contributed by atoms with Crippen molar-refractivity contribution in [2.75, 3.05) is 26.2 Å². The number of hydrogen-bond donors (Lipinski definition) is 2. The second kappa shape index (κ2) is 9.36. The van der Waals surface area contributed by atoms with E-state index in [1.54, 1.807) is 0 Å². The summed E-state index contributed by atoms with van der Waals surface area (Å²) in [5, 5.41) is 6.46. The van der Waals surface area contributed by atoms with Crippen molar-refractivity contribution in [1.82, 2.24) is 10.6 Å². The topological polar surface area (TPSA) is 50.4 Å². The summed E-state index contributed by atoms with van der Waals surface area (Å²) >= 11 is 0. The first kappa shape index (κ1) is 24.4. The molecule has 0 heterocycles. The average molecular weight is 357 g/mol. The molecule has 0 aromatic carbocycles. The van der Waals surface area contributed by atoms with Crippen molar-refractivity contribution in [1.29, 1.82) is 0 Å². The largest absolute Gasteiger partial charge is 0.375 e. The Kier molecular flexibility index (Phi) is 9.13. The molecule has 0 radical (unpaired) electrons. The number of ether oxygens (including phenoxy) is 1. The minimum atomic E-state index is -0.319. The summed E-state index contributed by atoms with van der Waals surface area (Å²) in [5.41, 5.74) is 0.0179. The SMILES string of the molecule is CC(C)(CCC(C)(C)COC(C)(C)C)CNCCNC(=O)C(C)(C)C. The van der Waals surface area contributed by atoms with Crippen molar-refractivity contribution in [3.05, 3.63) is 0 Å². The van der Waals surface area contributed by atoms with Gasteiger partial charge >= 0.3 is 0 Å². The fraction of sp³-hybridized carbons (Fsp3) is 0.952. The molecular weight excluding hydrogens is 312 g/mol. The van der Waals surface area contributed by atoms with Crippen molar-refractivity contribution in [2.45, 2.75) is 87.7 Å². The molecule has 0 saturated carbocycles. The lowest BCUT2D eigenvalue weighted by atomic mass is 9.79. The van der Waals surface area contributed by atoms with E-state index >= 15 is 0 Å². The second-order valence-electron chi connectivity index (χ2n) is 10.9. The average Bonchev–Trinajstić information content (AvgIpc) is 2.41. The third kappa shape index (κ3) is 13.3. The van der Waals surface area contributed by atoms with Gasteiger partial charge in [-0.2, -0.15) is 0 Å². The Morgan fingerprint density at radius 2 is 1.32 bits per heavy atom. The van der Waals surface area contributed by atoms with Crippen molar-refractivity contribution in [2.24, 2.45) is 16.2 Å². The third-order valence-corrected chi connectivity index (χ3v) is 4.25. The Labute approximate surface area is 156 Å². The Morgan fingerprint density at radius 1 is 0.800 bits per heavy atom. The van der Waals surface area contributed by atoms with Gasteiger partial charge in [0.2, 0.25) is 5.91 Å². The molecule has 0 aliphatic heterocycles. The molecule has 0 fully saturated rings. The summed E-state index contributed by atoms with van der Waals surface area (Å²) < 4.78 is 5.97. The van der Waals surface area contributed by atoms with Gasteiger partial charge in [0.05, 0.1) is 12.2 Å². The molecule has 0 atom stereocenters. The van der Waals surface area contributed by atoms with E-state index in [0.717, 1.165) is 32.5 Å². The van der Waals surface area contributed by atoms with Crippen LogP contribution in [0, 0.1) is 16.2 Å². The van der Waals surface area contributed by atoms with E-state index in [9.17, 15) is 4.79 Å². The number of nitrogens with one attached hydrogen (secondary N) is 2. The first-order valence-electron chi connectivity index (χ1n) is 9.67. The van der Waals surface area contributed by atoms with E-state index < -0.39 is 0 Å². The Hall–Kier alpha value is -0.610. The Bertz CT molecular complexity index is 401. The molecule has 4 nitrogen and oxygen atoms in total. The molecule has 0 spiro atoms. The molecular formula is C21H44N2O2. The normalized spacial score (nSPS) is 13.8. The molecule has 1 amide bonds. The number of rotatable bonds is 10. The van der Waals surface area contributed by atoms with Crippen LogP contribution in [0.1, 0.15) is 82.1 Å². The van der Waals surface area contributed by atoms with Crippen LogP contribution in [0.5, 0.6) is 0 Å². The fourth-order valence-electron chi connectivity index (χ4n) is 2.21. The zero-order chi connectivity index (χ0) is 19.9. The lowest BCUT2D eigenvalue weighted by Gasteiger charge is -2.33. The lowest BCUT2D eigenvalue weighted by Crippen LogP contribution is -2.40. The van der Waals surface area contributed by atoms with Gasteiger partial charge in [0.1, 0.15) is 0 Å². The summed E-state index contributed by atoms with van der Waals surface area (Å²) in [6.07, 6.45) is 2.29. The molecule has 4 heteroatoms. The molecule has 0 saturated heterocycles. The van der Waals surface area contributed by atoms with E-state index in [1.165, 1.54) is 0 Å².